The lowest BCUT2D eigenvalue weighted by Crippen LogP contribution is -2.14. The van der Waals surface area contributed by atoms with Crippen LogP contribution < -0.4 is 5.73 Å². The highest BCUT2D eigenvalue weighted by Crippen LogP contribution is 2.39. The van der Waals surface area contributed by atoms with Crippen molar-refractivity contribution in [2.45, 2.75) is 25.8 Å². The largest absolute Gasteiger partial charge is 0.324 e. The van der Waals surface area contributed by atoms with Gasteiger partial charge in [0.15, 0.2) is 0 Å². The van der Waals surface area contributed by atoms with Gasteiger partial charge in [0.25, 0.3) is 0 Å². The van der Waals surface area contributed by atoms with Gasteiger partial charge in [-0.1, -0.05) is 6.07 Å². The molecular formula is C10H13FN2. The van der Waals surface area contributed by atoms with Crippen molar-refractivity contribution in [1.29, 1.82) is 0 Å². The first kappa shape index (κ1) is 8.63. The van der Waals surface area contributed by atoms with Crippen molar-refractivity contribution < 1.29 is 4.39 Å². The molecule has 1 unspecified atom stereocenters. The maximum Gasteiger partial charge on any atom is 0.213 e. The van der Waals surface area contributed by atoms with E-state index in [0.29, 0.717) is 5.92 Å². The molecule has 2 rings (SSSR count). The van der Waals surface area contributed by atoms with E-state index in [-0.39, 0.29) is 6.04 Å². The van der Waals surface area contributed by atoms with Crippen molar-refractivity contribution in [2.24, 2.45) is 11.7 Å². The highest BCUT2D eigenvalue weighted by atomic mass is 19.1. The van der Waals surface area contributed by atoms with Gasteiger partial charge >= 0.3 is 0 Å². The predicted octanol–water partition coefficient (Wildman–Crippen LogP) is 1.94. The van der Waals surface area contributed by atoms with Gasteiger partial charge in [-0.25, -0.2) is 4.98 Å². The van der Waals surface area contributed by atoms with Crippen LogP contribution in [0.4, 0.5) is 4.39 Å². The molecule has 13 heavy (non-hydrogen) atoms. The fraction of sp³-hybridized carbons (Fsp3) is 0.500. The van der Waals surface area contributed by atoms with Crippen molar-refractivity contribution in [3.05, 3.63) is 29.3 Å². The normalized spacial score (nSPS) is 18.7. The van der Waals surface area contributed by atoms with Crippen LogP contribution in [0.1, 0.15) is 30.1 Å². The molecule has 0 amide bonds. The molecule has 1 atom stereocenters. The molecule has 1 aliphatic carbocycles. The summed E-state index contributed by atoms with van der Waals surface area (Å²) in [5.74, 6) is 0.162. The Kier molecular flexibility index (Phi) is 2.04. The van der Waals surface area contributed by atoms with Gasteiger partial charge in [-0.15, -0.1) is 0 Å². The minimum Gasteiger partial charge on any atom is -0.324 e. The second-order valence-corrected chi connectivity index (χ2v) is 3.67. The Morgan fingerprint density at radius 3 is 2.77 bits per heavy atom. The fourth-order valence-corrected chi connectivity index (χ4v) is 1.60. The Morgan fingerprint density at radius 2 is 2.23 bits per heavy atom. The molecule has 0 saturated heterocycles. The summed E-state index contributed by atoms with van der Waals surface area (Å²) in [6, 6.07) is 3.18. The lowest BCUT2D eigenvalue weighted by Gasteiger charge is -2.12. The molecule has 1 aromatic rings. The van der Waals surface area contributed by atoms with E-state index in [2.05, 4.69) is 4.98 Å². The van der Waals surface area contributed by atoms with Crippen LogP contribution in [-0.4, -0.2) is 4.98 Å². The number of hydrogen-bond acceptors (Lipinski definition) is 2. The summed E-state index contributed by atoms with van der Waals surface area (Å²) in [7, 11) is 0. The van der Waals surface area contributed by atoms with Crippen LogP contribution in [-0.2, 0) is 0 Å². The monoisotopic (exact) mass is 180 g/mol. The van der Waals surface area contributed by atoms with Crippen LogP contribution in [0.25, 0.3) is 0 Å². The van der Waals surface area contributed by atoms with E-state index in [4.69, 9.17) is 5.73 Å². The molecular weight excluding hydrogens is 167 g/mol. The van der Waals surface area contributed by atoms with Gasteiger partial charge in [0.1, 0.15) is 0 Å². The summed E-state index contributed by atoms with van der Waals surface area (Å²) in [6.07, 6.45) is 2.38. The molecule has 2 N–H and O–H groups in total. The zero-order valence-electron chi connectivity index (χ0n) is 7.63. The number of nitrogens with two attached hydrogens (primary N) is 1. The number of halogens is 1. The highest BCUT2D eigenvalue weighted by Gasteiger charge is 2.30. The van der Waals surface area contributed by atoms with Crippen LogP contribution in [0, 0.1) is 18.8 Å². The van der Waals surface area contributed by atoms with E-state index in [0.717, 1.165) is 11.3 Å². The van der Waals surface area contributed by atoms with Crippen LogP contribution in [0.2, 0.25) is 0 Å². The average molecular weight is 180 g/mol. The molecule has 1 fully saturated rings. The zero-order chi connectivity index (χ0) is 9.42. The highest BCUT2D eigenvalue weighted by molar-refractivity contribution is 5.24. The molecule has 1 aromatic heterocycles. The number of nitrogens with zero attached hydrogens (tertiary/aromatic N) is 1. The second kappa shape index (κ2) is 3.07. The summed E-state index contributed by atoms with van der Waals surface area (Å²) in [5.41, 5.74) is 7.70. The van der Waals surface area contributed by atoms with Crippen LogP contribution in [0.15, 0.2) is 12.1 Å². The second-order valence-electron chi connectivity index (χ2n) is 3.67. The first-order valence-electron chi connectivity index (χ1n) is 4.57. The summed E-state index contributed by atoms with van der Waals surface area (Å²) >= 11 is 0. The third kappa shape index (κ3) is 1.70. The SMILES string of the molecule is Cc1nc(F)ccc1C(N)C1CC1. The molecule has 1 aliphatic rings. The smallest absolute Gasteiger partial charge is 0.213 e. The molecule has 0 aromatic carbocycles. The first-order valence-corrected chi connectivity index (χ1v) is 4.57. The average Bonchev–Trinajstić information content (AvgIpc) is 2.85. The maximum absolute atomic E-state index is 12.7. The third-order valence-electron chi connectivity index (χ3n) is 2.58. The topological polar surface area (TPSA) is 38.9 Å². The van der Waals surface area contributed by atoms with E-state index >= 15 is 0 Å². The van der Waals surface area contributed by atoms with Crippen molar-refractivity contribution in [3.63, 3.8) is 0 Å². The number of hydrogen-bond donors (Lipinski definition) is 1. The van der Waals surface area contributed by atoms with Gasteiger partial charge < -0.3 is 5.73 Å². The Bertz CT molecular complexity index is 321. The molecule has 0 bridgehead atoms. The Labute approximate surface area is 77.0 Å². The van der Waals surface area contributed by atoms with E-state index in [9.17, 15) is 4.39 Å². The van der Waals surface area contributed by atoms with Crippen molar-refractivity contribution in [1.82, 2.24) is 4.98 Å². The van der Waals surface area contributed by atoms with E-state index in [1.165, 1.54) is 18.9 Å². The molecule has 0 spiro atoms. The number of pyridine rings is 1. The number of aromatic nitrogens is 1. The molecule has 70 valence electrons. The van der Waals surface area contributed by atoms with Crippen molar-refractivity contribution in [2.75, 3.05) is 0 Å². The summed E-state index contributed by atoms with van der Waals surface area (Å²) < 4.78 is 12.7. The molecule has 1 saturated carbocycles. The quantitative estimate of drug-likeness (QED) is 0.706. The van der Waals surface area contributed by atoms with Crippen molar-refractivity contribution in [3.8, 4) is 0 Å². The van der Waals surface area contributed by atoms with E-state index < -0.39 is 5.95 Å². The third-order valence-corrected chi connectivity index (χ3v) is 2.58. The molecule has 0 radical (unpaired) electrons. The first-order chi connectivity index (χ1) is 6.18. The van der Waals surface area contributed by atoms with Crippen molar-refractivity contribution >= 4 is 0 Å². The van der Waals surface area contributed by atoms with Crippen LogP contribution >= 0.6 is 0 Å². The van der Waals surface area contributed by atoms with Gasteiger partial charge in [-0.3, -0.25) is 0 Å². The number of aryl methyl sites for hydroxylation is 1. The fourth-order valence-electron chi connectivity index (χ4n) is 1.60. The van der Waals surface area contributed by atoms with Gasteiger partial charge in [-0.2, -0.15) is 4.39 Å². The molecule has 0 aliphatic heterocycles. The van der Waals surface area contributed by atoms with Crippen LogP contribution in [0.3, 0.4) is 0 Å². The van der Waals surface area contributed by atoms with Gasteiger partial charge in [0.05, 0.1) is 0 Å². The number of rotatable bonds is 2. The molecule has 3 heteroatoms. The summed E-state index contributed by atoms with van der Waals surface area (Å²) in [6.45, 7) is 1.81. The Morgan fingerprint density at radius 1 is 1.54 bits per heavy atom. The Hall–Kier alpha value is -0.960. The zero-order valence-corrected chi connectivity index (χ0v) is 7.63. The standard InChI is InChI=1S/C10H13FN2/c1-6-8(4-5-9(11)13-6)10(12)7-2-3-7/h4-5,7,10H,2-3,12H2,1H3. The minimum atomic E-state index is -0.427. The van der Waals surface area contributed by atoms with Gasteiger partial charge in [0, 0.05) is 11.7 Å². The molecule has 2 nitrogen and oxygen atoms in total. The Balaban J connectivity index is 2.28. The van der Waals surface area contributed by atoms with Crippen LogP contribution in [0.5, 0.6) is 0 Å². The van der Waals surface area contributed by atoms with Gasteiger partial charge in [-0.05, 0) is 37.3 Å². The molecule has 1 heterocycles. The predicted molar refractivity (Wildman–Crippen MR) is 48.6 cm³/mol. The van der Waals surface area contributed by atoms with E-state index in [1.54, 1.807) is 13.0 Å². The minimum absolute atomic E-state index is 0.0492. The summed E-state index contributed by atoms with van der Waals surface area (Å²) in [4.78, 5) is 3.76. The van der Waals surface area contributed by atoms with Gasteiger partial charge in [0.2, 0.25) is 5.95 Å². The lowest BCUT2D eigenvalue weighted by atomic mass is 10.0. The lowest BCUT2D eigenvalue weighted by molar-refractivity contribution is 0.567. The van der Waals surface area contributed by atoms with E-state index in [1.807, 2.05) is 0 Å². The maximum atomic E-state index is 12.7. The summed E-state index contributed by atoms with van der Waals surface area (Å²) in [5, 5.41) is 0.